The lowest BCUT2D eigenvalue weighted by Gasteiger charge is -2.28. The molecule has 3 aromatic rings. The molecule has 1 aliphatic heterocycles. The number of ether oxygens (including phenoxy) is 1. The molecule has 29 heavy (non-hydrogen) atoms. The fourth-order valence-corrected chi connectivity index (χ4v) is 4.10. The quantitative estimate of drug-likeness (QED) is 0.520. The average Bonchev–Trinajstić information content (AvgIpc) is 3.34. The predicted molar refractivity (Wildman–Crippen MR) is 112 cm³/mol. The van der Waals surface area contributed by atoms with Crippen LogP contribution in [0.2, 0.25) is 5.02 Å². The Morgan fingerprint density at radius 3 is 2.72 bits per heavy atom. The van der Waals surface area contributed by atoms with E-state index in [4.69, 9.17) is 20.9 Å². The summed E-state index contributed by atoms with van der Waals surface area (Å²) in [5.41, 5.74) is 0.732. The molecule has 3 heterocycles. The van der Waals surface area contributed by atoms with Gasteiger partial charge in [-0.15, -0.1) is 10.2 Å². The number of nitrogens with zero attached hydrogens (tertiary/aromatic N) is 6. The first-order valence-corrected chi connectivity index (χ1v) is 10.9. The van der Waals surface area contributed by atoms with Crippen molar-refractivity contribution in [2.75, 3.05) is 31.2 Å². The molecular formula is C19H23ClN6O2S. The van der Waals surface area contributed by atoms with Gasteiger partial charge in [0.1, 0.15) is 0 Å². The second-order valence-corrected chi connectivity index (χ2v) is 8.52. The fourth-order valence-electron chi connectivity index (χ4n) is 3.10. The third-order valence-corrected chi connectivity index (χ3v) is 5.73. The van der Waals surface area contributed by atoms with Crippen LogP contribution in [-0.2, 0) is 17.0 Å². The molecule has 8 nitrogen and oxygen atoms in total. The lowest BCUT2D eigenvalue weighted by atomic mass is 10.2. The first kappa shape index (κ1) is 20.2. The monoisotopic (exact) mass is 434 g/mol. The van der Waals surface area contributed by atoms with Gasteiger partial charge in [0, 0.05) is 19.6 Å². The van der Waals surface area contributed by atoms with Gasteiger partial charge in [0.2, 0.25) is 5.95 Å². The van der Waals surface area contributed by atoms with Crippen molar-refractivity contribution in [2.45, 2.75) is 31.3 Å². The Labute approximate surface area is 178 Å². The summed E-state index contributed by atoms with van der Waals surface area (Å²) < 4.78 is 13.0. The van der Waals surface area contributed by atoms with Crippen LogP contribution in [0.15, 0.2) is 33.9 Å². The lowest BCUT2D eigenvalue weighted by molar-refractivity contribution is 0.121. The van der Waals surface area contributed by atoms with E-state index in [2.05, 4.69) is 43.7 Å². The normalized spacial score (nSPS) is 14.7. The molecule has 10 heteroatoms. The zero-order valence-corrected chi connectivity index (χ0v) is 18.0. The molecule has 154 valence electrons. The minimum atomic E-state index is 0.420. The number of benzene rings is 1. The van der Waals surface area contributed by atoms with Crippen molar-refractivity contribution in [1.82, 2.24) is 24.9 Å². The van der Waals surface area contributed by atoms with Crippen LogP contribution in [0, 0.1) is 5.92 Å². The zero-order valence-electron chi connectivity index (χ0n) is 16.4. The van der Waals surface area contributed by atoms with Crippen molar-refractivity contribution in [3.8, 4) is 11.5 Å². The van der Waals surface area contributed by atoms with Crippen molar-refractivity contribution in [2.24, 2.45) is 5.92 Å². The van der Waals surface area contributed by atoms with Gasteiger partial charge in [0.25, 0.3) is 5.89 Å². The van der Waals surface area contributed by atoms with Gasteiger partial charge in [0.05, 0.1) is 29.6 Å². The fraction of sp³-hybridized carbons (Fsp3) is 0.474. The molecule has 0 aliphatic carbocycles. The maximum absolute atomic E-state index is 6.22. The molecule has 0 N–H and O–H groups in total. The van der Waals surface area contributed by atoms with Gasteiger partial charge >= 0.3 is 0 Å². The molecular weight excluding hydrogens is 412 g/mol. The topological polar surface area (TPSA) is 82.1 Å². The Hall–Kier alpha value is -2.10. The van der Waals surface area contributed by atoms with Gasteiger partial charge in [-0.2, -0.15) is 4.98 Å². The highest BCUT2D eigenvalue weighted by Gasteiger charge is 2.22. The number of rotatable bonds is 7. The van der Waals surface area contributed by atoms with Crippen LogP contribution in [0.5, 0.6) is 0 Å². The largest absolute Gasteiger partial charge is 0.378 e. The van der Waals surface area contributed by atoms with E-state index in [1.807, 2.05) is 18.2 Å². The summed E-state index contributed by atoms with van der Waals surface area (Å²) in [6.07, 6.45) is 0. The van der Waals surface area contributed by atoms with Crippen molar-refractivity contribution in [3.63, 3.8) is 0 Å². The van der Waals surface area contributed by atoms with Gasteiger partial charge in [-0.1, -0.05) is 54.5 Å². The number of hydrogen-bond acceptors (Lipinski definition) is 8. The predicted octanol–water partition coefficient (Wildman–Crippen LogP) is 3.77. The summed E-state index contributed by atoms with van der Waals surface area (Å²) in [4.78, 5) is 6.71. The Bertz CT molecular complexity index is 954. The van der Waals surface area contributed by atoms with Crippen LogP contribution >= 0.6 is 23.4 Å². The zero-order chi connectivity index (χ0) is 20.2. The van der Waals surface area contributed by atoms with Crippen molar-refractivity contribution >= 4 is 29.3 Å². The molecule has 1 saturated heterocycles. The molecule has 0 amide bonds. The summed E-state index contributed by atoms with van der Waals surface area (Å²) in [6, 6.07) is 7.42. The first-order chi connectivity index (χ1) is 14.1. The van der Waals surface area contributed by atoms with E-state index in [-0.39, 0.29) is 0 Å². The Balaban J connectivity index is 1.49. The third kappa shape index (κ3) is 4.73. The summed E-state index contributed by atoms with van der Waals surface area (Å²) in [5, 5.41) is 14.4. The number of anilines is 1. The molecule has 0 saturated carbocycles. The molecule has 0 bridgehead atoms. The molecule has 1 fully saturated rings. The Morgan fingerprint density at radius 2 is 1.97 bits per heavy atom. The van der Waals surface area contributed by atoms with Crippen molar-refractivity contribution in [1.29, 1.82) is 0 Å². The number of aromatic nitrogens is 5. The van der Waals surface area contributed by atoms with Gasteiger partial charge < -0.3 is 14.2 Å². The van der Waals surface area contributed by atoms with E-state index >= 15 is 0 Å². The minimum absolute atomic E-state index is 0.420. The molecule has 2 aromatic heterocycles. The maximum atomic E-state index is 6.22. The van der Waals surface area contributed by atoms with Crippen molar-refractivity contribution < 1.29 is 9.26 Å². The van der Waals surface area contributed by atoms with E-state index in [0.29, 0.717) is 41.6 Å². The van der Waals surface area contributed by atoms with Crippen LogP contribution < -0.4 is 4.90 Å². The van der Waals surface area contributed by atoms with Gasteiger partial charge in [0.15, 0.2) is 11.0 Å². The molecule has 1 aromatic carbocycles. The molecule has 1 aliphatic rings. The number of halogens is 1. The van der Waals surface area contributed by atoms with Gasteiger partial charge in [-0.25, -0.2) is 0 Å². The number of thioether (sulfide) groups is 1. The second-order valence-electron chi connectivity index (χ2n) is 7.17. The highest BCUT2D eigenvalue weighted by Crippen LogP contribution is 2.29. The standard InChI is InChI=1S/C19H23ClN6O2S/c1-13(2)11-26-18(25-7-9-27-10-8-25)22-23-19(26)29-12-16-21-17(28-24-16)14-5-3-4-6-15(14)20/h3-6,13H,7-12H2,1-2H3. The van der Waals surface area contributed by atoms with E-state index in [1.54, 1.807) is 17.8 Å². The van der Waals surface area contributed by atoms with Crippen LogP contribution in [0.1, 0.15) is 19.7 Å². The van der Waals surface area contributed by atoms with E-state index in [0.717, 1.165) is 36.3 Å². The molecule has 0 atom stereocenters. The number of hydrogen-bond donors (Lipinski definition) is 0. The van der Waals surface area contributed by atoms with Crippen molar-refractivity contribution in [3.05, 3.63) is 35.1 Å². The smallest absolute Gasteiger partial charge is 0.259 e. The van der Waals surface area contributed by atoms with E-state index in [1.165, 1.54) is 0 Å². The van der Waals surface area contributed by atoms with Crippen LogP contribution in [0.25, 0.3) is 11.5 Å². The molecule has 0 unspecified atom stereocenters. The van der Waals surface area contributed by atoms with E-state index in [9.17, 15) is 0 Å². The molecule has 0 radical (unpaired) electrons. The Morgan fingerprint density at radius 1 is 1.17 bits per heavy atom. The summed E-state index contributed by atoms with van der Waals surface area (Å²) in [5.74, 6) is 2.92. The third-order valence-electron chi connectivity index (χ3n) is 4.44. The summed E-state index contributed by atoms with van der Waals surface area (Å²) in [6.45, 7) is 8.30. The minimum Gasteiger partial charge on any atom is -0.378 e. The van der Waals surface area contributed by atoms with Gasteiger partial charge in [-0.05, 0) is 18.1 Å². The first-order valence-electron chi connectivity index (χ1n) is 9.58. The highest BCUT2D eigenvalue weighted by molar-refractivity contribution is 7.98. The SMILES string of the molecule is CC(C)Cn1c(SCc2noc(-c3ccccc3Cl)n2)nnc1N1CCOCC1. The summed E-state index contributed by atoms with van der Waals surface area (Å²) in [7, 11) is 0. The summed E-state index contributed by atoms with van der Waals surface area (Å²) >= 11 is 7.77. The number of morpholine rings is 1. The van der Waals surface area contributed by atoms with Crippen LogP contribution in [0.4, 0.5) is 5.95 Å². The van der Waals surface area contributed by atoms with E-state index < -0.39 is 0 Å². The lowest BCUT2D eigenvalue weighted by Crippen LogP contribution is -2.38. The van der Waals surface area contributed by atoms with Crippen LogP contribution in [0.3, 0.4) is 0 Å². The Kier molecular flexibility index (Phi) is 6.37. The average molecular weight is 435 g/mol. The molecule has 4 rings (SSSR count). The maximum Gasteiger partial charge on any atom is 0.259 e. The highest BCUT2D eigenvalue weighted by atomic mass is 35.5. The second kappa shape index (κ2) is 9.15. The van der Waals surface area contributed by atoms with Crippen LogP contribution in [-0.4, -0.2) is 51.2 Å². The van der Waals surface area contributed by atoms with Gasteiger partial charge in [-0.3, -0.25) is 4.57 Å². The molecule has 0 spiro atoms.